The molecule has 32 heavy (non-hydrogen) atoms. The molecule has 0 aliphatic carbocycles. The molecular formula is C27H28N2O3. The van der Waals surface area contributed by atoms with E-state index in [9.17, 15) is 4.79 Å². The van der Waals surface area contributed by atoms with Crippen molar-refractivity contribution in [3.63, 3.8) is 0 Å². The average Bonchev–Trinajstić information content (AvgIpc) is 3.30. The normalized spacial score (nSPS) is 11.9. The molecule has 0 aliphatic heterocycles. The van der Waals surface area contributed by atoms with Crippen LogP contribution in [0.25, 0.3) is 11.0 Å². The molecule has 4 rings (SSSR count). The fourth-order valence-electron chi connectivity index (χ4n) is 3.79. The fraction of sp³-hybridized carbons (Fsp3) is 0.222. The molecule has 0 saturated carbocycles. The summed E-state index contributed by atoms with van der Waals surface area (Å²) in [6.45, 7) is 3.41. The highest BCUT2D eigenvalue weighted by atomic mass is 16.5. The zero-order chi connectivity index (χ0) is 22.3. The van der Waals surface area contributed by atoms with Gasteiger partial charge in [-0.3, -0.25) is 4.79 Å². The summed E-state index contributed by atoms with van der Waals surface area (Å²) in [5.74, 6) is 0.664. The van der Waals surface area contributed by atoms with Gasteiger partial charge in [-0.15, -0.1) is 0 Å². The Bertz CT molecular complexity index is 1170. The number of nitrogens with one attached hydrogen (secondary N) is 2. The first-order valence-electron chi connectivity index (χ1n) is 10.9. The quantitative estimate of drug-likeness (QED) is 0.381. The lowest BCUT2D eigenvalue weighted by atomic mass is 10.1. The second-order valence-electron chi connectivity index (χ2n) is 7.79. The topological polar surface area (TPSA) is 63.5 Å². The highest BCUT2D eigenvalue weighted by Crippen LogP contribution is 2.32. The first-order chi connectivity index (χ1) is 15.7. The molecular weight excluding hydrogens is 400 g/mol. The van der Waals surface area contributed by atoms with Crippen molar-refractivity contribution in [1.29, 1.82) is 0 Å². The number of hydrogen-bond acceptors (Lipinski definition) is 4. The first-order valence-corrected chi connectivity index (χ1v) is 10.9. The second kappa shape index (κ2) is 10.2. The van der Waals surface area contributed by atoms with E-state index in [4.69, 9.17) is 9.15 Å². The number of hydrogen-bond donors (Lipinski definition) is 2. The summed E-state index contributed by atoms with van der Waals surface area (Å²) in [5, 5.41) is 7.40. The number of amides is 1. The molecule has 1 aromatic heterocycles. The van der Waals surface area contributed by atoms with Crippen LogP contribution in [-0.4, -0.2) is 19.6 Å². The van der Waals surface area contributed by atoms with Gasteiger partial charge in [-0.1, -0.05) is 66.7 Å². The van der Waals surface area contributed by atoms with E-state index in [1.165, 1.54) is 5.56 Å². The summed E-state index contributed by atoms with van der Waals surface area (Å²) in [4.78, 5) is 12.7. The standard InChI is InChI=1S/C27H28N2O3/c1-19(21-11-7-4-8-12-21)28-16-15-22-13-14-24(31-2)26-23(22)17-25(32-26)27(30)29-18-20-9-5-3-6-10-20/h3-14,17,19,28H,15-16,18H2,1-2H3,(H,29,30). The second-order valence-corrected chi connectivity index (χ2v) is 7.79. The molecule has 2 N–H and O–H groups in total. The van der Waals surface area contributed by atoms with Gasteiger partial charge in [0.2, 0.25) is 0 Å². The Morgan fingerprint density at radius 2 is 1.72 bits per heavy atom. The zero-order valence-corrected chi connectivity index (χ0v) is 18.4. The molecule has 1 amide bonds. The van der Waals surface area contributed by atoms with E-state index in [1.54, 1.807) is 7.11 Å². The van der Waals surface area contributed by atoms with Crippen molar-refractivity contribution < 1.29 is 13.9 Å². The number of methoxy groups -OCH3 is 1. The Morgan fingerprint density at radius 3 is 2.44 bits per heavy atom. The predicted molar refractivity (Wildman–Crippen MR) is 127 cm³/mol. The maximum absolute atomic E-state index is 12.7. The minimum absolute atomic E-state index is 0.242. The molecule has 0 aliphatic rings. The van der Waals surface area contributed by atoms with Crippen molar-refractivity contribution in [2.45, 2.75) is 25.9 Å². The Morgan fingerprint density at radius 1 is 1.00 bits per heavy atom. The van der Waals surface area contributed by atoms with Gasteiger partial charge in [0.05, 0.1) is 7.11 Å². The van der Waals surface area contributed by atoms with Gasteiger partial charge in [-0.25, -0.2) is 0 Å². The van der Waals surface area contributed by atoms with Crippen LogP contribution in [0.2, 0.25) is 0 Å². The van der Waals surface area contributed by atoms with Crippen molar-refractivity contribution in [2.75, 3.05) is 13.7 Å². The molecule has 0 bridgehead atoms. The van der Waals surface area contributed by atoms with Crippen LogP contribution in [0.4, 0.5) is 0 Å². The molecule has 1 heterocycles. The van der Waals surface area contributed by atoms with Gasteiger partial charge in [0.1, 0.15) is 0 Å². The van der Waals surface area contributed by atoms with E-state index in [-0.39, 0.29) is 17.7 Å². The summed E-state index contributed by atoms with van der Waals surface area (Å²) in [7, 11) is 1.61. The van der Waals surface area contributed by atoms with Crippen LogP contribution in [0, 0.1) is 0 Å². The third kappa shape index (κ3) is 5.01. The van der Waals surface area contributed by atoms with E-state index in [0.717, 1.165) is 29.5 Å². The van der Waals surface area contributed by atoms with E-state index < -0.39 is 0 Å². The Kier molecular flexibility index (Phi) is 6.87. The molecule has 0 fully saturated rings. The SMILES string of the molecule is COc1ccc(CCNC(C)c2ccccc2)c2cc(C(=O)NCc3ccccc3)oc12. The molecule has 0 saturated heterocycles. The van der Waals surface area contributed by atoms with Crippen molar-refractivity contribution in [3.8, 4) is 5.75 Å². The number of benzene rings is 3. The van der Waals surface area contributed by atoms with Crippen molar-refractivity contribution >= 4 is 16.9 Å². The van der Waals surface area contributed by atoms with Crippen molar-refractivity contribution in [1.82, 2.24) is 10.6 Å². The number of rotatable bonds is 9. The smallest absolute Gasteiger partial charge is 0.287 e. The molecule has 5 heteroatoms. The maximum atomic E-state index is 12.7. The summed E-state index contributed by atoms with van der Waals surface area (Å²) in [5.41, 5.74) is 4.01. The van der Waals surface area contributed by atoms with Gasteiger partial charge in [0.15, 0.2) is 17.1 Å². The number of carbonyl (C=O) groups is 1. The average molecular weight is 429 g/mol. The van der Waals surface area contributed by atoms with Crippen LogP contribution in [0.5, 0.6) is 5.75 Å². The lowest BCUT2D eigenvalue weighted by Crippen LogP contribution is -2.22. The van der Waals surface area contributed by atoms with Crippen LogP contribution in [0.1, 0.15) is 40.2 Å². The fourth-order valence-corrected chi connectivity index (χ4v) is 3.79. The minimum atomic E-state index is -0.242. The molecule has 0 radical (unpaired) electrons. The molecule has 3 aromatic carbocycles. The monoisotopic (exact) mass is 428 g/mol. The predicted octanol–water partition coefficient (Wildman–Crippen LogP) is 5.26. The Hall–Kier alpha value is -3.57. The van der Waals surface area contributed by atoms with E-state index >= 15 is 0 Å². The number of fused-ring (bicyclic) bond motifs is 1. The Labute approximate surface area is 188 Å². The van der Waals surface area contributed by atoms with Crippen molar-refractivity contribution in [3.05, 3.63) is 101 Å². The summed E-state index contributed by atoms with van der Waals surface area (Å²) in [6, 6.07) is 26.2. The van der Waals surface area contributed by atoms with Crippen LogP contribution < -0.4 is 15.4 Å². The van der Waals surface area contributed by atoms with Crippen LogP contribution in [0.15, 0.2) is 83.3 Å². The lowest BCUT2D eigenvalue weighted by Gasteiger charge is -2.14. The van der Waals surface area contributed by atoms with Crippen LogP contribution in [0.3, 0.4) is 0 Å². The van der Waals surface area contributed by atoms with E-state index in [0.29, 0.717) is 17.9 Å². The molecule has 1 atom stereocenters. The van der Waals surface area contributed by atoms with E-state index in [1.807, 2.05) is 54.6 Å². The molecule has 0 spiro atoms. The highest BCUT2D eigenvalue weighted by molar-refractivity contribution is 5.98. The van der Waals surface area contributed by atoms with Crippen LogP contribution in [-0.2, 0) is 13.0 Å². The molecule has 4 aromatic rings. The van der Waals surface area contributed by atoms with Crippen LogP contribution >= 0.6 is 0 Å². The first kappa shape index (κ1) is 21.7. The summed E-state index contributed by atoms with van der Waals surface area (Å²) < 4.78 is 11.4. The third-order valence-corrected chi connectivity index (χ3v) is 5.62. The summed E-state index contributed by atoms with van der Waals surface area (Å²) in [6.07, 6.45) is 0.808. The number of ether oxygens (including phenoxy) is 1. The third-order valence-electron chi connectivity index (χ3n) is 5.62. The van der Waals surface area contributed by atoms with E-state index in [2.05, 4.69) is 41.8 Å². The largest absolute Gasteiger partial charge is 0.493 e. The number of furan rings is 1. The maximum Gasteiger partial charge on any atom is 0.287 e. The van der Waals surface area contributed by atoms with Gasteiger partial charge in [0, 0.05) is 18.0 Å². The van der Waals surface area contributed by atoms with Gasteiger partial charge >= 0.3 is 0 Å². The highest BCUT2D eigenvalue weighted by Gasteiger charge is 2.17. The minimum Gasteiger partial charge on any atom is -0.493 e. The van der Waals surface area contributed by atoms with Crippen molar-refractivity contribution in [2.24, 2.45) is 0 Å². The molecule has 5 nitrogen and oxygen atoms in total. The molecule has 1 unspecified atom stereocenters. The van der Waals surface area contributed by atoms with Gasteiger partial charge in [-0.05, 0) is 48.7 Å². The zero-order valence-electron chi connectivity index (χ0n) is 18.4. The van der Waals surface area contributed by atoms with Gasteiger partial charge in [-0.2, -0.15) is 0 Å². The number of carbonyl (C=O) groups excluding carboxylic acids is 1. The molecule has 164 valence electrons. The Balaban J connectivity index is 1.47. The van der Waals surface area contributed by atoms with Gasteiger partial charge < -0.3 is 19.8 Å². The lowest BCUT2D eigenvalue weighted by molar-refractivity contribution is 0.0925. The van der Waals surface area contributed by atoms with Gasteiger partial charge in [0.25, 0.3) is 5.91 Å². The summed E-state index contributed by atoms with van der Waals surface area (Å²) >= 11 is 0.